The Morgan fingerprint density at radius 2 is 2.48 bits per heavy atom. The number of rotatable bonds is 8. The predicted molar refractivity (Wildman–Crippen MR) is 77.0 cm³/mol. The number of hydrogen-bond acceptors (Lipinski definition) is 5. The molecule has 21 heavy (non-hydrogen) atoms. The lowest BCUT2D eigenvalue weighted by atomic mass is 10.2. The second-order valence-corrected chi connectivity index (χ2v) is 4.91. The molecule has 1 aromatic heterocycles. The fourth-order valence-electron chi connectivity index (χ4n) is 2.18. The Kier molecular flexibility index (Phi) is 6.43. The maximum Gasteiger partial charge on any atom is 0.222 e. The summed E-state index contributed by atoms with van der Waals surface area (Å²) in [6.45, 7) is 2.21. The van der Waals surface area contributed by atoms with Crippen molar-refractivity contribution in [3.05, 3.63) is 23.9 Å². The van der Waals surface area contributed by atoms with Gasteiger partial charge in [-0.15, -0.1) is 0 Å². The molecule has 6 nitrogen and oxygen atoms in total. The van der Waals surface area contributed by atoms with Crippen molar-refractivity contribution in [1.29, 1.82) is 0 Å². The summed E-state index contributed by atoms with van der Waals surface area (Å²) in [6.07, 6.45) is 4.35. The van der Waals surface area contributed by atoms with Crippen molar-refractivity contribution < 1.29 is 19.0 Å². The second kappa shape index (κ2) is 8.59. The van der Waals surface area contributed by atoms with Crippen molar-refractivity contribution in [3.8, 4) is 5.88 Å². The molecule has 0 bridgehead atoms. The van der Waals surface area contributed by atoms with E-state index in [1.54, 1.807) is 13.3 Å². The maximum atomic E-state index is 11.7. The van der Waals surface area contributed by atoms with Crippen LogP contribution in [0.3, 0.4) is 0 Å². The summed E-state index contributed by atoms with van der Waals surface area (Å²) in [5.41, 5.74) is 0.855. The van der Waals surface area contributed by atoms with Gasteiger partial charge in [0.05, 0.1) is 26.4 Å². The molecule has 0 spiro atoms. The maximum absolute atomic E-state index is 11.7. The van der Waals surface area contributed by atoms with E-state index < -0.39 is 0 Å². The minimum absolute atomic E-state index is 0.0479. The number of hydrogen-bond donors (Lipinski definition) is 1. The highest BCUT2D eigenvalue weighted by Gasteiger charge is 2.15. The molecule has 1 atom stereocenters. The van der Waals surface area contributed by atoms with Gasteiger partial charge in [-0.2, -0.15) is 0 Å². The predicted octanol–water partition coefficient (Wildman–Crippen LogP) is 1.29. The van der Waals surface area contributed by atoms with Gasteiger partial charge in [-0.05, 0) is 18.9 Å². The molecule has 1 unspecified atom stereocenters. The van der Waals surface area contributed by atoms with E-state index in [0.717, 1.165) is 25.0 Å². The van der Waals surface area contributed by atoms with E-state index >= 15 is 0 Å². The number of aromatic nitrogens is 1. The van der Waals surface area contributed by atoms with E-state index in [2.05, 4.69) is 10.3 Å². The van der Waals surface area contributed by atoms with Gasteiger partial charge < -0.3 is 19.5 Å². The number of methoxy groups -OCH3 is 1. The molecule has 1 aliphatic heterocycles. The minimum atomic E-state index is -0.0479. The van der Waals surface area contributed by atoms with Gasteiger partial charge in [0.25, 0.3) is 0 Å². The first-order valence-corrected chi connectivity index (χ1v) is 7.23. The van der Waals surface area contributed by atoms with Gasteiger partial charge in [0, 0.05) is 31.3 Å². The number of carbonyl (C=O) groups is 1. The molecule has 1 fully saturated rings. The van der Waals surface area contributed by atoms with Crippen LogP contribution in [0.15, 0.2) is 18.3 Å². The van der Waals surface area contributed by atoms with Crippen LogP contribution in [0.1, 0.15) is 24.8 Å². The van der Waals surface area contributed by atoms with Gasteiger partial charge in [-0.1, -0.05) is 6.07 Å². The SMILES string of the molecule is COc1ncccc1CNC(=O)CCOCC1CCCO1. The second-order valence-electron chi connectivity index (χ2n) is 4.91. The number of carbonyl (C=O) groups excluding carboxylic acids is 1. The van der Waals surface area contributed by atoms with Crippen molar-refractivity contribution in [1.82, 2.24) is 10.3 Å². The monoisotopic (exact) mass is 294 g/mol. The zero-order valence-electron chi connectivity index (χ0n) is 12.3. The molecule has 0 aromatic carbocycles. The molecule has 0 aliphatic carbocycles. The molecule has 6 heteroatoms. The summed E-state index contributed by atoms with van der Waals surface area (Å²) >= 11 is 0. The van der Waals surface area contributed by atoms with Crippen LogP contribution >= 0.6 is 0 Å². The standard InChI is InChI=1S/C15H22N2O4/c1-19-15-12(4-2-7-16-15)10-17-14(18)6-9-20-11-13-5-3-8-21-13/h2,4,7,13H,3,5-6,8-11H2,1H3,(H,17,18). The Hall–Kier alpha value is -1.66. The van der Waals surface area contributed by atoms with Gasteiger partial charge in [0.2, 0.25) is 11.8 Å². The topological polar surface area (TPSA) is 69.7 Å². The van der Waals surface area contributed by atoms with E-state index in [4.69, 9.17) is 14.2 Å². The molecule has 0 saturated carbocycles. The summed E-state index contributed by atoms with van der Waals surface area (Å²) in [7, 11) is 1.56. The summed E-state index contributed by atoms with van der Waals surface area (Å²) in [5.74, 6) is 0.487. The Morgan fingerprint density at radius 3 is 3.24 bits per heavy atom. The fourth-order valence-corrected chi connectivity index (χ4v) is 2.18. The molecule has 1 N–H and O–H groups in total. The summed E-state index contributed by atoms with van der Waals surface area (Å²) in [6, 6.07) is 3.69. The number of pyridine rings is 1. The van der Waals surface area contributed by atoms with Crippen LogP contribution in [0.2, 0.25) is 0 Å². The molecule has 1 aromatic rings. The molecule has 1 saturated heterocycles. The van der Waals surface area contributed by atoms with Crippen molar-refractivity contribution in [3.63, 3.8) is 0 Å². The van der Waals surface area contributed by atoms with Crippen LogP contribution in [-0.4, -0.2) is 43.9 Å². The first-order valence-electron chi connectivity index (χ1n) is 7.23. The van der Waals surface area contributed by atoms with Crippen molar-refractivity contribution in [2.45, 2.75) is 31.9 Å². The van der Waals surface area contributed by atoms with Crippen LogP contribution < -0.4 is 10.1 Å². The zero-order chi connectivity index (χ0) is 14.9. The van der Waals surface area contributed by atoms with Gasteiger partial charge in [-0.25, -0.2) is 4.98 Å². The molecule has 2 heterocycles. The van der Waals surface area contributed by atoms with E-state index in [9.17, 15) is 4.79 Å². The quantitative estimate of drug-likeness (QED) is 0.732. The molecule has 1 amide bonds. The largest absolute Gasteiger partial charge is 0.481 e. The Balaban J connectivity index is 1.60. The summed E-state index contributed by atoms with van der Waals surface area (Å²) in [5, 5.41) is 2.83. The molecule has 0 radical (unpaired) electrons. The molecule has 2 rings (SSSR count). The van der Waals surface area contributed by atoms with E-state index in [1.807, 2.05) is 12.1 Å². The highest BCUT2D eigenvalue weighted by molar-refractivity contribution is 5.76. The molecule has 1 aliphatic rings. The average Bonchev–Trinajstić information content (AvgIpc) is 3.03. The van der Waals surface area contributed by atoms with E-state index in [1.165, 1.54) is 0 Å². The Bertz CT molecular complexity index is 447. The van der Waals surface area contributed by atoms with Gasteiger partial charge >= 0.3 is 0 Å². The summed E-state index contributed by atoms with van der Waals surface area (Å²) < 4.78 is 16.0. The van der Waals surface area contributed by atoms with Crippen LogP contribution in [0, 0.1) is 0 Å². The zero-order valence-corrected chi connectivity index (χ0v) is 12.3. The number of nitrogens with one attached hydrogen (secondary N) is 1. The normalized spacial score (nSPS) is 17.7. The number of amides is 1. The third-order valence-corrected chi connectivity index (χ3v) is 3.32. The van der Waals surface area contributed by atoms with E-state index in [0.29, 0.717) is 32.1 Å². The van der Waals surface area contributed by atoms with Crippen LogP contribution in [0.25, 0.3) is 0 Å². The smallest absolute Gasteiger partial charge is 0.222 e. The lowest BCUT2D eigenvalue weighted by Crippen LogP contribution is -2.25. The van der Waals surface area contributed by atoms with Crippen LogP contribution in [-0.2, 0) is 20.8 Å². The van der Waals surface area contributed by atoms with Gasteiger partial charge in [-0.3, -0.25) is 4.79 Å². The molecule has 116 valence electrons. The fraction of sp³-hybridized carbons (Fsp3) is 0.600. The average molecular weight is 294 g/mol. The van der Waals surface area contributed by atoms with Crippen molar-refractivity contribution in [2.24, 2.45) is 0 Å². The van der Waals surface area contributed by atoms with Gasteiger partial charge in [0.1, 0.15) is 0 Å². The Labute approximate surface area is 124 Å². The number of ether oxygens (including phenoxy) is 3. The van der Waals surface area contributed by atoms with Crippen LogP contribution in [0.4, 0.5) is 0 Å². The summed E-state index contributed by atoms with van der Waals surface area (Å²) in [4.78, 5) is 15.8. The molecular formula is C15H22N2O4. The first kappa shape index (κ1) is 15.7. The highest BCUT2D eigenvalue weighted by atomic mass is 16.5. The van der Waals surface area contributed by atoms with Crippen molar-refractivity contribution in [2.75, 3.05) is 26.9 Å². The van der Waals surface area contributed by atoms with E-state index in [-0.39, 0.29) is 12.0 Å². The third-order valence-electron chi connectivity index (χ3n) is 3.32. The van der Waals surface area contributed by atoms with Crippen molar-refractivity contribution >= 4 is 5.91 Å². The molecular weight excluding hydrogens is 272 g/mol. The Morgan fingerprint density at radius 1 is 1.57 bits per heavy atom. The third kappa shape index (κ3) is 5.32. The van der Waals surface area contributed by atoms with Crippen LogP contribution in [0.5, 0.6) is 5.88 Å². The highest BCUT2D eigenvalue weighted by Crippen LogP contribution is 2.13. The first-order chi connectivity index (χ1) is 10.3. The lowest BCUT2D eigenvalue weighted by molar-refractivity contribution is -0.122. The van der Waals surface area contributed by atoms with Gasteiger partial charge in [0.15, 0.2) is 0 Å². The minimum Gasteiger partial charge on any atom is -0.481 e. The number of nitrogens with zero attached hydrogens (tertiary/aromatic N) is 1. The lowest BCUT2D eigenvalue weighted by Gasteiger charge is -2.11.